The summed E-state index contributed by atoms with van der Waals surface area (Å²) < 4.78 is 12.7. The van der Waals surface area contributed by atoms with Crippen molar-refractivity contribution in [2.45, 2.75) is 19.8 Å². The molecule has 0 amide bonds. The minimum absolute atomic E-state index is 0.413. The molecule has 2 aromatic rings. The van der Waals surface area contributed by atoms with Gasteiger partial charge in [-0.25, -0.2) is 14.4 Å². The Morgan fingerprint density at radius 2 is 1.81 bits per heavy atom. The molecule has 0 aliphatic heterocycles. The molecule has 0 aliphatic carbocycles. The Bertz CT molecular complexity index is 478. The zero-order valence-electron chi connectivity index (χ0n) is 9.31. The standard InChI is InChI=1S/C13H13FN2/c1-9(2)10-4-3-5-11(6-10)13-15-7-12(14)8-16-13/h3-9H,1-2H3. The van der Waals surface area contributed by atoms with Crippen LogP contribution in [0.4, 0.5) is 4.39 Å². The molecule has 0 bridgehead atoms. The predicted molar refractivity (Wildman–Crippen MR) is 61.5 cm³/mol. The van der Waals surface area contributed by atoms with E-state index in [-0.39, 0.29) is 0 Å². The van der Waals surface area contributed by atoms with Crippen molar-refractivity contribution in [1.82, 2.24) is 9.97 Å². The first kappa shape index (κ1) is 10.7. The Morgan fingerprint density at radius 1 is 1.12 bits per heavy atom. The fraction of sp³-hybridized carbons (Fsp3) is 0.231. The molecule has 0 aliphatic rings. The zero-order chi connectivity index (χ0) is 11.5. The Labute approximate surface area is 94.2 Å². The van der Waals surface area contributed by atoms with Crippen LogP contribution in [0.3, 0.4) is 0 Å². The first-order valence-electron chi connectivity index (χ1n) is 5.24. The molecule has 0 saturated heterocycles. The number of benzene rings is 1. The van der Waals surface area contributed by atoms with Crippen LogP contribution < -0.4 is 0 Å². The molecule has 0 unspecified atom stereocenters. The van der Waals surface area contributed by atoms with Gasteiger partial charge in [-0.15, -0.1) is 0 Å². The minimum Gasteiger partial charge on any atom is -0.233 e. The molecule has 0 N–H and O–H groups in total. The first-order chi connectivity index (χ1) is 7.66. The lowest BCUT2D eigenvalue weighted by molar-refractivity contribution is 0.614. The molecule has 0 fully saturated rings. The van der Waals surface area contributed by atoms with E-state index in [4.69, 9.17) is 0 Å². The van der Waals surface area contributed by atoms with Crippen molar-refractivity contribution >= 4 is 0 Å². The molecule has 16 heavy (non-hydrogen) atoms. The topological polar surface area (TPSA) is 25.8 Å². The predicted octanol–water partition coefficient (Wildman–Crippen LogP) is 3.41. The van der Waals surface area contributed by atoms with Crippen molar-refractivity contribution in [2.75, 3.05) is 0 Å². The number of nitrogens with zero attached hydrogens (tertiary/aromatic N) is 2. The molecule has 2 rings (SSSR count). The van der Waals surface area contributed by atoms with E-state index in [0.29, 0.717) is 11.7 Å². The van der Waals surface area contributed by atoms with Gasteiger partial charge < -0.3 is 0 Å². The Kier molecular flexibility index (Phi) is 2.95. The van der Waals surface area contributed by atoms with Crippen LogP contribution in [0, 0.1) is 5.82 Å². The fourth-order valence-electron chi connectivity index (χ4n) is 1.50. The number of hydrogen-bond acceptors (Lipinski definition) is 2. The molecule has 0 atom stereocenters. The largest absolute Gasteiger partial charge is 0.233 e. The smallest absolute Gasteiger partial charge is 0.159 e. The van der Waals surface area contributed by atoms with E-state index in [0.717, 1.165) is 5.56 Å². The van der Waals surface area contributed by atoms with Gasteiger partial charge in [0.05, 0.1) is 12.4 Å². The average Bonchev–Trinajstić information content (AvgIpc) is 2.30. The molecule has 82 valence electrons. The molecule has 1 aromatic carbocycles. The third-order valence-electron chi connectivity index (χ3n) is 2.43. The van der Waals surface area contributed by atoms with Crippen molar-refractivity contribution in [1.29, 1.82) is 0 Å². The zero-order valence-corrected chi connectivity index (χ0v) is 9.31. The average molecular weight is 216 g/mol. The summed E-state index contributed by atoms with van der Waals surface area (Å²) in [6.45, 7) is 4.26. The van der Waals surface area contributed by atoms with Crippen molar-refractivity contribution < 1.29 is 4.39 Å². The summed E-state index contributed by atoms with van der Waals surface area (Å²) in [5, 5.41) is 0. The summed E-state index contributed by atoms with van der Waals surface area (Å²) in [5.74, 6) is 0.605. The van der Waals surface area contributed by atoms with E-state index in [1.807, 2.05) is 18.2 Å². The van der Waals surface area contributed by atoms with Crippen molar-refractivity contribution in [3.63, 3.8) is 0 Å². The van der Waals surface area contributed by atoms with E-state index in [1.54, 1.807) is 0 Å². The van der Waals surface area contributed by atoms with Crippen LogP contribution in [-0.2, 0) is 0 Å². The highest BCUT2D eigenvalue weighted by molar-refractivity contribution is 5.55. The summed E-state index contributed by atoms with van der Waals surface area (Å²) in [6.07, 6.45) is 2.37. The second kappa shape index (κ2) is 4.39. The maximum atomic E-state index is 12.7. The van der Waals surface area contributed by atoms with Gasteiger partial charge in [-0.1, -0.05) is 32.0 Å². The molecule has 3 heteroatoms. The SMILES string of the molecule is CC(C)c1cccc(-c2ncc(F)cn2)c1. The third kappa shape index (κ3) is 2.24. The Balaban J connectivity index is 2.40. The molecule has 0 saturated carbocycles. The van der Waals surface area contributed by atoms with E-state index < -0.39 is 5.82 Å². The number of rotatable bonds is 2. The quantitative estimate of drug-likeness (QED) is 0.768. The van der Waals surface area contributed by atoms with Crippen LogP contribution in [0.25, 0.3) is 11.4 Å². The lowest BCUT2D eigenvalue weighted by Gasteiger charge is -2.06. The van der Waals surface area contributed by atoms with Gasteiger partial charge in [0.25, 0.3) is 0 Å². The second-order valence-corrected chi connectivity index (χ2v) is 4.01. The summed E-state index contributed by atoms with van der Waals surface area (Å²) in [7, 11) is 0. The van der Waals surface area contributed by atoms with E-state index in [9.17, 15) is 4.39 Å². The van der Waals surface area contributed by atoms with Gasteiger partial charge in [-0.3, -0.25) is 0 Å². The van der Waals surface area contributed by atoms with Gasteiger partial charge in [0.1, 0.15) is 0 Å². The van der Waals surface area contributed by atoms with Gasteiger partial charge in [0, 0.05) is 5.56 Å². The van der Waals surface area contributed by atoms with Crippen molar-refractivity contribution in [3.05, 3.63) is 48.0 Å². The summed E-state index contributed by atoms with van der Waals surface area (Å²) in [5.41, 5.74) is 2.15. The highest BCUT2D eigenvalue weighted by Gasteiger charge is 2.04. The van der Waals surface area contributed by atoms with E-state index >= 15 is 0 Å². The summed E-state index contributed by atoms with van der Waals surface area (Å²) in [4.78, 5) is 7.93. The molecular formula is C13H13FN2. The lowest BCUT2D eigenvalue weighted by Crippen LogP contribution is -1.92. The first-order valence-corrected chi connectivity index (χ1v) is 5.24. The van der Waals surface area contributed by atoms with Crippen molar-refractivity contribution in [2.24, 2.45) is 0 Å². The van der Waals surface area contributed by atoms with E-state index in [1.165, 1.54) is 18.0 Å². The maximum absolute atomic E-state index is 12.7. The van der Waals surface area contributed by atoms with Crippen LogP contribution in [0.15, 0.2) is 36.7 Å². The van der Waals surface area contributed by atoms with Gasteiger partial charge >= 0.3 is 0 Å². The Morgan fingerprint density at radius 3 is 2.44 bits per heavy atom. The fourth-order valence-corrected chi connectivity index (χ4v) is 1.50. The summed E-state index contributed by atoms with van der Waals surface area (Å²) >= 11 is 0. The normalized spacial score (nSPS) is 10.8. The second-order valence-electron chi connectivity index (χ2n) is 4.01. The molecule has 1 heterocycles. The summed E-state index contributed by atoms with van der Waals surface area (Å²) in [6, 6.07) is 8.01. The third-order valence-corrected chi connectivity index (χ3v) is 2.43. The number of hydrogen-bond donors (Lipinski definition) is 0. The van der Waals surface area contributed by atoms with Crippen LogP contribution in [-0.4, -0.2) is 9.97 Å². The molecule has 2 nitrogen and oxygen atoms in total. The van der Waals surface area contributed by atoms with Gasteiger partial charge in [-0.2, -0.15) is 0 Å². The maximum Gasteiger partial charge on any atom is 0.159 e. The molecule has 1 aromatic heterocycles. The highest BCUT2D eigenvalue weighted by Crippen LogP contribution is 2.20. The molecule has 0 spiro atoms. The molecule has 0 radical (unpaired) electrons. The van der Waals surface area contributed by atoms with Gasteiger partial charge in [-0.05, 0) is 17.5 Å². The minimum atomic E-state index is -0.413. The van der Waals surface area contributed by atoms with E-state index in [2.05, 4.69) is 29.9 Å². The van der Waals surface area contributed by atoms with Crippen LogP contribution >= 0.6 is 0 Å². The van der Waals surface area contributed by atoms with Gasteiger partial charge in [0.15, 0.2) is 11.6 Å². The van der Waals surface area contributed by atoms with Crippen LogP contribution in [0.5, 0.6) is 0 Å². The molecular weight excluding hydrogens is 203 g/mol. The van der Waals surface area contributed by atoms with Gasteiger partial charge in [0.2, 0.25) is 0 Å². The number of aromatic nitrogens is 2. The monoisotopic (exact) mass is 216 g/mol. The van der Waals surface area contributed by atoms with Crippen LogP contribution in [0.2, 0.25) is 0 Å². The lowest BCUT2D eigenvalue weighted by atomic mass is 10.0. The van der Waals surface area contributed by atoms with Crippen LogP contribution in [0.1, 0.15) is 25.3 Å². The Hall–Kier alpha value is -1.77. The number of halogens is 1. The van der Waals surface area contributed by atoms with Crippen molar-refractivity contribution in [3.8, 4) is 11.4 Å². The highest BCUT2D eigenvalue weighted by atomic mass is 19.1.